The first kappa shape index (κ1) is 14.3. The van der Waals surface area contributed by atoms with Gasteiger partial charge in [-0.25, -0.2) is 5.48 Å². The molecular weight excluding hydrogens is 294 g/mol. The average molecular weight is 311 g/mol. The van der Waals surface area contributed by atoms with E-state index in [2.05, 4.69) is 54.0 Å². The zero-order chi connectivity index (χ0) is 16.2. The molecule has 4 rings (SSSR count). The van der Waals surface area contributed by atoms with Crippen LogP contribution in [0.25, 0.3) is 16.8 Å². The van der Waals surface area contributed by atoms with Crippen molar-refractivity contribution in [3.8, 4) is 0 Å². The number of hydrogen-bond donors (Lipinski definition) is 1. The first-order valence-corrected chi connectivity index (χ1v) is 7.96. The summed E-state index contributed by atoms with van der Waals surface area (Å²) in [6.07, 6.45) is 1.78. The predicted molar refractivity (Wildman–Crippen MR) is 98.3 cm³/mol. The summed E-state index contributed by atoms with van der Waals surface area (Å²) in [5, 5.41) is 0. The highest BCUT2D eigenvalue weighted by Gasteiger charge is 2.21. The lowest BCUT2D eigenvalue weighted by atomic mass is 9.89. The number of nitrogens with one attached hydrogen (secondary N) is 1. The van der Waals surface area contributed by atoms with Crippen molar-refractivity contribution in [1.29, 1.82) is 0 Å². The van der Waals surface area contributed by atoms with Gasteiger partial charge in [0.1, 0.15) is 6.26 Å². The van der Waals surface area contributed by atoms with Crippen molar-refractivity contribution in [2.45, 2.75) is 0 Å². The van der Waals surface area contributed by atoms with Gasteiger partial charge in [-0.05, 0) is 11.1 Å². The fourth-order valence-corrected chi connectivity index (χ4v) is 2.93. The zero-order valence-electron chi connectivity index (χ0n) is 13.1. The summed E-state index contributed by atoms with van der Waals surface area (Å²) in [5.74, 6) is 0. The topological polar surface area (TPSA) is 21.3 Å². The van der Waals surface area contributed by atoms with Crippen LogP contribution in [0.3, 0.4) is 0 Å². The van der Waals surface area contributed by atoms with Crippen LogP contribution in [0.4, 0.5) is 0 Å². The van der Waals surface area contributed by atoms with Crippen molar-refractivity contribution < 1.29 is 4.84 Å². The van der Waals surface area contributed by atoms with Gasteiger partial charge in [0.05, 0.1) is 5.70 Å². The second-order valence-electron chi connectivity index (χ2n) is 5.60. The highest BCUT2D eigenvalue weighted by molar-refractivity contribution is 6.14. The van der Waals surface area contributed by atoms with Gasteiger partial charge in [-0.3, -0.25) is 0 Å². The second kappa shape index (κ2) is 6.47. The summed E-state index contributed by atoms with van der Waals surface area (Å²) in [6.45, 7) is 0. The molecule has 0 unspecified atom stereocenters. The lowest BCUT2D eigenvalue weighted by molar-refractivity contribution is 0.184. The van der Waals surface area contributed by atoms with Crippen molar-refractivity contribution in [3.05, 3.63) is 114 Å². The van der Waals surface area contributed by atoms with E-state index in [9.17, 15) is 0 Å². The molecule has 0 bridgehead atoms. The van der Waals surface area contributed by atoms with Gasteiger partial charge in [0.2, 0.25) is 0 Å². The van der Waals surface area contributed by atoms with Gasteiger partial charge in [0.15, 0.2) is 0 Å². The van der Waals surface area contributed by atoms with Crippen LogP contribution in [0.2, 0.25) is 0 Å². The van der Waals surface area contributed by atoms with Crippen molar-refractivity contribution in [2.75, 3.05) is 0 Å². The Bertz CT molecular complexity index is 881. The van der Waals surface area contributed by atoms with Gasteiger partial charge in [-0.1, -0.05) is 91.0 Å². The molecule has 1 N–H and O–H groups in total. The Balaban J connectivity index is 1.95. The van der Waals surface area contributed by atoms with Crippen LogP contribution in [0.5, 0.6) is 0 Å². The number of rotatable bonds is 3. The molecular formula is C22H17NO. The van der Waals surface area contributed by atoms with Crippen LogP contribution < -0.4 is 5.48 Å². The fraction of sp³-hybridized carbons (Fsp3) is 0. The minimum Gasteiger partial charge on any atom is -0.389 e. The molecule has 1 aliphatic rings. The summed E-state index contributed by atoms with van der Waals surface area (Å²) in [7, 11) is 0. The Morgan fingerprint density at radius 2 is 1.04 bits per heavy atom. The van der Waals surface area contributed by atoms with Crippen molar-refractivity contribution in [3.63, 3.8) is 0 Å². The lowest BCUT2D eigenvalue weighted by Gasteiger charge is -2.24. The van der Waals surface area contributed by atoms with Gasteiger partial charge in [0.25, 0.3) is 0 Å². The standard InChI is InChI=1S/C22H17NO/c1-4-10-17(11-5-1)20-16-24-23-22(19-14-8-3-9-15-19)21(20)18-12-6-2-7-13-18/h1-16,23H. The third-order valence-electron chi connectivity index (χ3n) is 4.07. The summed E-state index contributed by atoms with van der Waals surface area (Å²) in [6, 6.07) is 31.0. The van der Waals surface area contributed by atoms with Crippen LogP contribution in [0.1, 0.15) is 16.7 Å². The van der Waals surface area contributed by atoms with E-state index >= 15 is 0 Å². The molecule has 2 nitrogen and oxygen atoms in total. The van der Waals surface area contributed by atoms with E-state index in [-0.39, 0.29) is 0 Å². The maximum Gasteiger partial charge on any atom is 0.127 e. The average Bonchev–Trinajstić information content (AvgIpc) is 2.69. The summed E-state index contributed by atoms with van der Waals surface area (Å²) in [4.78, 5) is 5.59. The van der Waals surface area contributed by atoms with Crippen molar-refractivity contribution >= 4 is 16.8 Å². The zero-order valence-corrected chi connectivity index (χ0v) is 13.1. The number of hydroxylamine groups is 1. The second-order valence-corrected chi connectivity index (χ2v) is 5.60. The van der Waals surface area contributed by atoms with E-state index in [0.29, 0.717) is 0 Å². The number of hydrogen-bond acceptors (Lipinski definition) is 2. The molecule has 2 heteroatoms. The maximum atomic E-state index is 5.59. The van der Waals surface area contributed by atoms with Crippen molar-refractivity contribution in [2.24, 2.45) is 0 Å². The summed E-state index contributed by atoms with van der Waals surface area (Å²) in [5.41, 5.74) is 9.65. The molecule has 0 saturated carbocycles. The number of allylic oxidation sites excluding steroid dienone is 2. The van der Waals surface area contributed by atoms with Gasteiger partial charge in [0, 0.05) is 16.7 Å². The largest absolute Gasteiger partial charge is 0.389 e. The Hall–Kier alpha value is -3.26. The van der Waals surface area contributed by atoms with Crippen LogP contribution in [-0.2, 0) is 4.84 Å². The van der Waals surface area contributed by atoms with Crippen LogP contribution in [0, 0.1) is 0 Å². The van der Waals surface area contributed by atoms with Gasteiger partial charge in [-0.2, -0.15) is 0 Å². The predicted octanol–water partition coefficient (Wildman–Crippen LogP) is 5.13. The Labute approximate surface area is 141 Å². The molecule has 0 atom stereocenters. The van der Waals surface area contributed by atoms with Gasteiger partial charge >= 0.3 is 0 Å². The Kier molecular flexibility index (Phi) is 3.86. The van der Waals surface area contributed by atoms with E-state index in [4.69, 9.17) is 4.84 Å². The SMILES string of the molecule is C1=C(c2ccccc2)C(c2ccccc2)=C(c2ccccc2)NO1. The molecule has 0 amide bonds. The smallest absolute Gasteiger partial charge is 0.127 e. The first-order chi connectivity index (χ1) is 11.9. The fourth-order valence-electron chi connectivity index (χ4n) is 2.93. The van der Waals surface area contributed by atoms with E-state index < -0.39 is 0 Å². The normalized spacial score (nSPS) is 13.8. The van der Waals surface area contributed by atoms with E-state index in [0.717, 1.165) is 33.5 Å². The Morgan fingerprint density at radius 3 is 1.62 bits per heavy atom. The van der Waals surface area contributed by atoms with Crippen LogP contribution in [0.15, 0.2) is 97.3 Å². The van der Waals surface area contributed by atoms with Crippen molar-refractivity contribution in [1.82, 2.24) is 5.48 Å². The van der Waals surface area contributed by atoms with Crippen LogP contribution >= 0.6 is 0 Å². The minimum atomic E-state index is 0.975. The Morgan fingerprint density at radius 1 is 0.542 bits per heavy atom. The maximum absolute atomic E-state index is 5.59. The molecule has 0 saturated heterocycles. The minimum absolute atomic E-state index is 0.975. The van der Waals surface area contributed by atoms with E-state index in [1.54, 1.807) is 6.26 Å². The molecule has 0 aliphatic carbocycles. The highest BCUT2D eigenvalue weighted by atomic mass is 16.6. The summed E-state index contributed by atoms with van der Waals surface area (Å²) >= 11 is 0. The first-order valence-electron chi connectivity index (χ1n) is 7.96. The number of benzene rings is 3. The third-order valence-corrected chi connectivity index (χ3v) is 4.07. The monoisotopic (exact) mass is 311 g/mol. The quantitative estimate of drug-likeness (QED) is 0.724. The van der Waals surface area contributed by atoms with Gasteiger partial charge < -0.3 is 4.84 Å². The molecule has 24 heavy (non-hydrogen) atoms. The molecule has 0 aromatic heterocycles. The van der Waals surface area contributed by atoms with E-state index in [1.165, 1.54) is 0 Å². The molecule has 3 aromatic carbocycles. The molecule has 3 aromatic rings. The molecule has 0 spiro atoms. The molecule has 1 aliphatic heterocycles. The molecule has 116 valence electrons. The van der Waals surface area contributed by atoms with Crippen LogP contribution in [-0.4, -0.2) is 0 Å². The van der Waals surface area contributed by atoms with Gasteiger partial charge in [-0.15, -0.1) is 0 Å². The molecule has 1 heterocycles. The van der Waals surface area contributed by atoms with E-state index in [1.807, 2.05) is 42.5 Å². The lowest BCUT2D eigenvalue weighted by Crippen LogP contribution is -2.17. The molecule has 0 fully saturated rings. The third kappa shape index (κ3) is 2.70. The highest BCUT2D eigenvalue weighted by Crippen LogP contribution is 2.38. The summed E-state index contributed by atoms with van der Waals surface area (Å²) < 4.78 is 0. The molecule has 0 radical (unpaired) electrons.